The molecule has 0 aliphatic carbocycles. The average molecular weight is 176 g/mol. The highest BCUT2D eigenvalue weighted by Crippen LogP contribution is 2.09. The third-order valence-corrected chi connectivity index (χ3v) is 1.85. The average Bonchev–Trinajstić information content (AvgIpc) is 2.48. The summed E-state index contributed by atoms with van der Waals surface area (Å²) in [5, 5.41) is 12.6. The summed E-state index contributed by atoms with van der Waals surface area (Å²) in [6.07, 6.45) is 3.40. The lowest BCUT2D eigenvalue weighted by atomic mass is 10.2. The summed E-state index contributed by atoms with van der Waals surface area (Å²) in [6.45, 7) is 0. The van der Waals surface area contributed by atoms with Gasteiger partial charge < -0.3 is 5.11 Å². The SMILES string of the molecule is O=C(O)Cc1cnn2ccccc12. The minimum absolute atomic E-state index is 0.0213. The molecule has 0 amide bonds. The standard InChI is InChI=1S/C9H8N2O2/c12-9(13)5-7-6-10-11-4-2-1-3-8(7)11/h1-4,6H,5H2,(H,12,13). The van der Waals surface area contributed by atoms with Crippen LogP contribution in [0, 0.1) is 0 Å². The molecule has 0 aliphatic rings. The lowest BCUT2D eigenvalue weighted by Crippen LogP contribution is -1.99. The molecule has 0 aromatic carbocycles. The maximum atomic E-state index is 10.5. The third kappa shape index (κ3) is 1.38. The van der Waals surface area contributed by atoms with Gasteiger partial charge in [0.1, 0.15) is 0 Å². The predicted molar refractivity (Wildman–Crippen MR) is 46.5 cm³/mol. The Morgan fingerprint density at radius 3 is 3.15 bits per heavy atom. The van der Waals surface area contributed by atoms with E-state index in [-0.39, 0.29) is 6.42 Å². The third-order valence-electron chi connectivity index (χ3n) is 1.85. The van der Waals surface area contributed by atoms with Crippen molar-refractivity contribution in [1.29, 1.82) is 0 Å². The van der Waals surface area contributed by atoms with Crippen LogP contribution in [-0.2, 0) is 11.2 Å². The van der Waals surface area contributed by atoms with Crippen LogP contribution in [0.5, 0.6) is 0 Å². The largest absolute Gasteiger partial charge is 0.481 e. The van der Waals surface area contributed by atoms with Crippen molar-refractivity contribution in [1.82, 2.24) is 9.61 Å². The monoisotopic (exact) mass is 176 g/mol. The molecule has 4 heteroatoms. The molecule has 0 saturated heterocycles. The number of hydrogen-bond donors (Lipinski definition) is 1. The summed E-state index contributed by atoms with van der Waals surface area (Å²) in [7, 11) is 0. The van der Waals surface area contributed by atoms with E-state index in [1.165, 1.54) is 0 Å². The maximum absolute atomic E-state index is 10.5. The summed E-state index contributed by atoms with van der Waals surface area (Å²) in [5.41, 5.74) is 1.60. The van der Waals surface area contributed by atoms with Crippen LogP contribution < -0.4 is 0 Å². The molecular weight excluding hydrogens is 168 g/mol. The van der Waals surface area contributed by atoms with Crippen molar-refractivity contribution >= 4 is 11.5 Å². The topological polar surface area (TPSA) is 54.6 Å². The minimum atomic E-state index is -0.834. The Morgan fingerprint density at radius 1 is 1.54 bits per heavy atom. The second kappa shape index (κ2) is 2.90. The van der Waals surface area contributed by atoms with Crippen LogP contribution in [-0.4, -0.2) is 20.7 Å². The normalized spacial score (nSPS) is 10.5. The van der Waals surface area contributed by atoms with Crippen LogP contribution in [0.25, 0.3) is 5.52 Å². The summed E-state index contributed by atoms with van der Waals surface area (Å²) in [5.74, 6) is -0.834. The summed E-state index contributed by atoms with van der Waals surface area (Å²) >= 11 is 0. The molecule has 0 bridgehead atoms. The Morgan fingerprint density at radius 2 is 2.38 bits per heavy atom. The molecule has 0 fully saturated rings. The van der Waals surface area contributed by atoms with Crippen LogP contribution in [0.15, 0.2) is 30.6 Å². The molecule has 0 aliphatic heterocycles. The van der Waals surface area contributed by atoms with Gasteiger partial charge >= 0.3 is 5.97 Å². The molecule has 0 radical (unpaired) electrons. The van der Waals surface area contributed by atoms with E-state index in [0.29, 0.717) is 0 Å². The van der Waals surface area contributed by atoms with Crippen molar-refractivity contribution in [3.05, 3.63) is 36.2 Å². The van der Waals surface area contributed by atoms with E-state index in [9.17, 15) is 4.79 Å². The first-order chi connectivity index (χ1) is 6.27. The summed E-state index contributed by atoms with van der Waals surface area (Å²) in [4.78, 5) is 10.5. The molecule has 2 rings (SSSR count). The fourth-order valence-electron chi connectivity index (χ4n) is 1.29. The molecule has 4 nitrogen and oxygen atoms in total. The quantitative estimate of drug-likeness (QED) is 0.741. The van der Waals surface area contributed by atoms with Crippen LogP contribution in [0.2, 0.25) is 0 Å². The first-order valence-corrected chi connectivity index (χ1v) is 3.90. The Balaban J connectivity index is 2.51. The Labute approximate surface area is 74.4 Å². The van der Waals surface area contributed by atoms with Gasteiger partial charge in [-0.3, -0.25) is 4.79 Å². The number of carboxylic acid groups (broad SMARTS) is 1. The van der Waals surface area contributed by atoms with Gasteiger partial charge in [0.2, 0.25) is 0 Å². The second-order valence-corrected chi connectivity index (χ2v) is 2.77. The van der Waals surface area contributed by atoms with Gasteiger partial charge in [-0.2, -0.15) is 5.10 Å². The Bertz CT molecular complexity index is 448. The molecule has 2 aromatic heterocycles. The van der Waals surface area contributed by atoms with Crippen molar-refractivity contribution in [3.8, 4) is 0 Å². The van der Waals surface area contributed by atoms with Gasteiger partial charge in [0.25, 0.3) is 0 Å². The number of rotatable bonds is 2. The number of carbonyl (C=O) groups is 1. The zero-order chi connectivity index (χ0) is 9.26. The van der Waals surface area contributed by atoms with E-state index >= 15 is 0 Å². The van der Waals surface area contributed by atoms with Crippen LogP contribution >= 0.6 is 0 Å². The molecule has 66 valence electrons. The number of carboxylic acids is 1. The van der Waals surface area contributed by atoms with E-state index < -0.39 is 5.97 Å². The number of aromatic nitrogens is 2. The predicted octanol–water partition coefficient (Wildman–Crippen LogP) is 0.961. The summed E-state index contributed by atoms with van der Waals surface area (Å²) in [6, 6.07) is 5.57. The minimum Gasteiger partial charge on any atom is -0.481 e. The molecule has 0 atom stereocenters. The van der Waals surface area contributed by atoms with E-state index in [2.05, 4.69) is 5.10 Å². The van der Waals surface area contributed by atoms with Gasteiger partial charge in [0.15, 0.2) is 0 Å². The number of hydrogen-bond acceptors (Lipinski definition) is 2. The van der Waals surface area contributed by atoms with E-state index in [4.69, 9.17) is 5.11 Å². The number of fused-ring (bicyclic) bond motifs is 1. The van der Waals surface area contributed by atoms with Gasteiger partial charge in [-0.05, 0) is 12.1 Å². The number of pyridine rings is 1. The number of aliphatic carboxylic acids is 1. The van der Waals surface area contributed by atoms with Crippen molar-refractivity contribution in [3.63, 3.8) is 0 Å². The lowest BCUT2D eigenvalue weighted by Gasteiger charge is -1.93. The van der Waals surface area contributed by atoms with Gasteiger partial charge in [0, 0.05) is 11.8 Å². The van der Waals surface area contributed by atoms with E-state index in [1.807, 2.05) is 18.2 Å². The van der Waals surface area contributed by atoms with Crippen molar-refractivity contribution < 1.29 is 9.90 Å². The number of nitrogens with zero attached hydrogens (tertiary/aromatic N) is 2. The van der Waals surface area contributed by atoms with Crippen LogP contribution in [0.4, 0.5) is 0 Å². The van der Waals surface area contributed by atoms with Gasteiger partial charge in [0.05, 0.1) is 18.1 Å². The Kier molecular flexibility index (Phi) is 1.73. The molecule has 0 spiro atoms. The molecular formula is C9H8N2O2. The Hall–Kier alpha value is -1.84. The summed E-state index contributed by atoms with van der Waals surface area (Å²) < 4.78 is 1.66. The molecule has 2 heterocycles. The highest BCUT2D eigenvalue weighted by Gasteiger charge is 2.06. The van der Waals surface area contributed by atoms with Crippen molar-refractivity contribution in [2.24, 2.45) is 0 Å². The van der Waals surface area contributed by atoms with E-state index in [0.717, 1.165) is 11.1 Å². The molecule has 1 N–H and O–H groups in total. The van der Waals surface area contributed by atoms with Crippen LogP contribution in [0.3, 0.4) is 0 Å². The fourth-order valence-corrected chi connectivity index (χ4v) is 1.29. The van der Waals surface area contributed by atoms with Crippen molar-refractivity contribution in [2.75, 3.05) is 0 Å². The molecule has 0 saturated carbocycles. The van der Waals surface area contributed by atoms with Gasteiger partial charge in [-0.25, -0.2) is 4.52 Å². The van der Waals surface area contributed by atoms with Crippen molar-refractivity contribution in [2.45, 2.75) is 6.42 Å². The first-order valence-electron chi connectivity index (χ1n) is 3.90. The zero-order valence-electron chi connectivity index (χ0n) is 6.84. The first kappa shape index (κ1) is 7.79. The smallest absolute Gasteiger partial charge is 0.307 e. The molecule has 13 heavy (non-hydrogen) atoms. The zero-order valence-corrected chi connectivity index (χ0v) is 6.84. The van der Waals surface area contributed by atoms with Crippen LogP contribution in [0.1, 0.15) is 5.56 Å². The highest BCUT2D eigenvalue weighted by atomic mass is 16.4. The molecule has 0 unspecified atom stereocenters. The fraction of sp³-hybridized carbons (Fsp3) is 0.111. The lowest BCUT2D eigenvalue weighted by molar-refractivity contribution is -0.136. The highest BCUT2D eigenvalue weighted by molar-refractivity contribution is 5.73. The van der Waals surface area contributed by atoms with Gasteiger partial charge in [-0.1, -0.05) is 6.07 Å². The maximum Gasteiger partial charge on any atom is 0.307 e. The van der Waals surface area contributed by atoms with Gasteiger partial charge in [-0.15, -0.1) is 0 Å². The van der Waals surface area contributed by atoms with E-state index in [1.54, 1.807) is 16.9 Å². The molecule has 2 aromatic rings. The second-order valence-electron chi connectivity index (χ2n) is 2.77.